The molecule has 0 aliphatic heterocycles. The fourth-order valence-electron chi connectivity index (χ4n) is 4.98. The van der Waals surface area contributed by atoms with Gasteiger partial charge in [0, 0.05) is 25.0 Å². The second-order valence-electron chi connectivity index (χ2n) is 7.22. The maximum atomic E-state index is 12.5. The Balaban J connectivity index is 1.91. The van der Waals surface area contributed by atoms with Crippen LogP contribution in [-0.2, 0) is 4.74 Å². The molecule has 3 unspecified atom stereocenters. The van der Waals surface area contributed by atoms with Gasteiger partial charge in [0.15, 0.2) is 5.78 Å². The summed E-state index contributed by atoms with van der Waals surface area (Å²) in [7, 11) is 1.52. The molecule has 0 saturated heterocycles. The molecule has 5 nitrogen and oxygen atoms in total. The smallest absolute Gasteiger partial charge is 0.167 e. The average molecular weight is 385 g/mol. The standard InChI is InChI=1S/C21H17ClO5/c1-27-21-17-10-7-11(22)19(25)18-13(24)6-5-9(15(10)18)14(17)8-3-2-4-12(23)16(8)20(21)26/h2-4,7,17,20-21,23,25-26H,5-6H2,1H3. The van der Waals surface area contributed by atoms with E-state index in [9.17, 15) is 20.1 Å². The third-order valence-electron chi connectivity index (χ3n) is 6.02. The van der Waals surface area contributed by atoms with E-state index in [4.69, 9.17) is 16.3 Å². The Kier molecular flexibility index (Phi) is 3.47. The Morgan fingerprint density at radius 1 is 1.19 bits per heavy atom. The van der Waals surface area contributed by atoms with Crippen LogP contribution in [0.2, 0.25) is 5.02 Å². The summed E-state index contributed by atoms with van der Waals surface area (Å²) in [4.78, 5) is 12.5. The molecule has 138 valence electrons. The van der Waals surface area contributed by atoms with E-state index in [1.807, 2.05) is 6.07 Å². The lowest BCUT2D eigenvalue weighted by Crippen LogP contribution is -2.33. The third kappa shape index (κ3) is 1.99. The Hall–Kier alpha value is -2.34. The van der Waals surface area contributed by atoms with Crippen molar-refractivity contribution >= 4 is 28.5 Å². The minimum Gasteiger partial charge on any atom is -0.508 e. The number of phenolic OH excluding ortho intramolecular Hbond substituents is 2. The fourth-order valence-corrected chi connectivity index (χ4v) is 5.20. The number of allylic oxidation sites excluding steroid dienone is 1. The number of carbonyl (C=O) groups is 1. The number of aromatic hydroxyl groups is 2. The van der Waals surface area contributed by atoms with Crippen LogP contribution < -0.4 is 0 Å². The van der Waals surface area contributed by atoms with Gasteiger partial charge >= 0.3 is 0 Å². The van der Waals surface area contributed by atoms with Crippen molar-refractivity contribution in [1.29, 1.82) is 0 Å². The van der Waals surface area contributed by atoms with E-state index in [0.717, 1.165) is 22.3 Å². The first-order chi connectivity index (χ1) is 13.0. The zero-order chi connectivity index (χ0) is 19.0. The summed E-state index contributed by atoms with van der Waals surface area (Å²) in [5, 5.41) is 31.9. The van der Waals surface area contributed by atoms with Gasteiger partial charge in [-0.2, -0.15) is 0 Å². The molecule has 27 heavy (non-hydrogen) atoms. The molecular formula is C21H17ClO5. The average Bonchev–Trinajstić information content (AvgIpc) is 2.96. The van der Waals surface area contributed by atoms with E-state index < -0.39 is 12.2 Å². The lowest BCUT2D eigenvalue weighted by molar-refractivity contribution is -0.0234. The predicted octanol–water partition coefficient (Wildman–Crippen LogP) is 3.80. The molecule has 0 saturated carbocycles. The van der Waals surface area contributed by atoms with E-state index in [0.29, 0.717) is 17.5 Å². The summed E-state index contributed by atoms with van der Waals surface area (Å²) in [6.07, 6.45) is -0.855. The van der Waals surface area contributed by atoms with Crippen molar-refractivity contribution in [2.24, 2.45) is 0 Å². The largest absolute Gasteiger partial charge is 0.508 e. The molecule has 0 spiro atoms. The maximum absolute atomic E-state index is 12.5. The molecule has 3 aliphatic rings. The number of aliphatic hydroxyl groups excluding tert-OH is 1. The van der Waals surface area contributed by atoms with E-state index in [1.165, 1.54) is 7.11 Å². The lowest BCUT2D eigenvalue weighted by Gasteiger charge is -2.37. The maximum Gasteiger partial charge on any atom is 0.167 e. The van der Waals surface area contributed by atoms with Crippen LogP contribution in [0.1, 0.15) is 57.5 Å². The van der Waals surface area contributed by atoms with Crippen LogP contribution in [-0.4, -0.2) is 34.3 Å². The SMILES string of the molecule is COC1C(O)c2c(O)cccc2C2=C3CCC(=O)c4c(O)c(Cl)cc(c43)C21. The van der Waals surface area contributed by atoms with E-state index in [1.54, 1.807) is 18.2 Å². The number of Topliss-reactive ketones (excluding diaryl/α,β-unsaturated/α-hetero) is 1. The number of hydrogen-bond acceptors (Lipinski definition) is 5. The summed E-state index contributed by atoms with van der Waals surface area (Å²) in [5.74, 6) is -0.646. The van der Waals surface area contributed by atoms with Gasteiger partial charge in [0.1, 0.15) is 17.6 Å². The molecule has 2 aromatic rings. The third-order valence-corrected chi connectivity index (χ3v) is 6.31. The number of methoxy groups -OCH3 is 1. The number of carbonyl (C=O) groups excluding carboxylic acids is 1. The summed E-state index contributed by atoms with van der Waals surface area (Å²) >= 11 is 6.23. The van der Waals surface area contributed by atoms with Crippen molar-refractivity contribution in [3.05, 3.63) is 57.1 Å². The van der Waals surface area contributed by atoms with Crippen molar-refractivity contribution in [1.82, 2.24) is 0 Å². The summed E-state index contributed by atoms with van der Waals surface area (Å²) in [6.45, 7) is 0. The molecule has 0 heterocycles. The predicted molar refractivity (Wildman–Crippen MR) is 100 cm³/mol. The van der Waals surface area contributed by atoms with Crippen molar-refractivity contribution in [2.45, 2.75) is 31.0 Å². The number of benzene rings is 2. The van der Waals surface area contributed by atoms with Crippen LogP contribution in [0.3, 0.4) is 0 Å². The van der Waals surface area contributed by atoms with Gasteiger partial charge in [0.2, 0.25) is 0 Å². The molecule has 0 bridgehead atoms. The van der Waals surface area contributed by atoms with Gasteiger partial charge in [-0.3, -0.25) is 4.79 Å². The zero-order valence-corrected chi connectivity index (χ0v) is 15.2. The number of ketones is 1. The molecule has 0 fully saturated rings. The number of fused-ring (bicyclic) bond motifs is 4. The van der Waals surface area contributed by atoms with Crippen molar-refractivity contribution in [3.8, 4) is 11.5 Å². The minimum absolute atomic E-state index is 0.0116. The van der Waals surface area contributed by atoms with Crippen molar-refractivity contribution in [2.75, 3.05) is 7.11 Å². The molecule has 0 aromatic heterocycles. The fraction of sp³-hybridized carbons (Fsp3) is 0.286. The molecule has 0 radical (unpaired) electrons. The topological polar surface area (TPSA) is 87.0 Å². The van der Waals surface area contributed by atoms with Crippen LogP contribution >= 0.6 is 11.6 Å². The summed E-state index contributed by atoms with van der Waals surface area (Å²) in [5.41, 5.74) is 4.82. The zero-order valence-electron chi connectivity index (χ0n) is 14.5. The number of rotatable bonds is 1. The Bertz CT molecular complexity index is 1060. The number of phenols is 2. The van der Waals surface area contributed by atoms with Crippen LogP contribution in [0, 0.1) is 0 Å². The molecular weight excluding hydrogens is 368 g/mol. The highest BCUT2D eigenvalue weighted by molar-refractivity contribution is 6.33. The number of halogens is 1. The summed E-state index contributed by atoms with van der Waals surface area (Å²) in [6, 6.07) is 6.81. The highest BCUT2D eigenvalue weighted by atomic mass is 35.5. The van der Waals surface area contributed by atoms with Gasteiger partial charge in [0.25, 0.3) is 0 Å². The van der Waals surface area contributed by atoms with E-state index in [2.05, 4.69) is 0 Å². The second kappa shape index (κ2) is 5.58. The number of hydrogen-bond donors (Lipinski definition) is 3. The Morgan fingerprint density at radius 2 is 1.96 bits per heavy atom. The number of ether oxygens (including phenoxy) is 1. The Labute approximate surface area is 160 Å². The molecule has 6 heteroatoms. The highest BCUT2D eigenvalue weighted by Gasteiger charge is 2.49. The monoisotopic (exact) mass is 384 g/mol. The van der Waals surface area contributed by atoms with Gasteiger partial charge in [-0.25, -0.2) is 0 Å². The Morgan fingerprint density at radius 3 is 2.70 bits per heavy atom. The van der Waals surface area contributed by atoms with E-state index in [-0.39, 0.29) is 40.2 Å². The normalized spacial score (nSPS) is 25.3. The van der Waals surface area contributed by atoms with E-state index >= 15 is 0 Å². The molecule has 0 amide bonds. The molecule has 2 aromatic carbocycles. The second-order valence-corrected chi connectivity index (χ2v) is 7.63. The quantitative estimate of drug-likeness (QED) is 0.696. The molecule has 5 rings (SSSR count). The van der Waals surface area contributed by atoms with Gasteiger partial charge in [0.05, 0.1) is 16.7 Å². The number of aliphatic hydroxyl groups is 1. The van der Waals surface area contributed by atoms with Crippen LogP contribution in [0.25, 0.3) is 11.1 Å². The first-order valence-corrected chi connectivity index (χ1v) is 9.18. The van der Waals surface area contributed by atoms with Crippen LogP contribution in [0.4, 0.5) is 0 Å². The van der Waals surface area contributed by atoms with Crippen LogP contribution in [0.15, 0.2) is 24.3 Å². The highest BCUT2D eigenvalue weighted by Crippen LogP contribution is 2.61. The lowest BCUT2D eigenvalue weighted by atomic mass is 9.74. The van der Waals surface area contributed by atoms with Gasteiger partial charge < -0.3 is 20.1 Å². The van der Waals surface area contributed by atoms with Gasteiger partial charge in [-0.05, 0) is 46.4 Å². The van der Waals surface area contributed by atoms with Gasteiger partial charge in [-0.15, -0.1) is 0 Å². The van der Waals surface area contributed by atoms with Crippen molar-refractivity contribution < 1.29 is 24.9 Å². The van der Waals surface area contributed by atoms with Crippen molar-refractivity contribution in [3.63, 3.8) is 0 Å². The molecule has 3 atom stereocenters. The molecule has 3 N–H and O–H groups in total. The first-order valence-electron chi connectivity index (χ1n) is 8.80. The van der Waals surface area contributed by atoms with Gasteiger partial charge in [-0.1, -0.05) is 23.7 Å². The molecule has 3 aliphatic carbocycles. The first kappa shape index (κ1) is 16.8. The summed E-state index contributed by atoms with van der Waals surface area (Å²) < 4.78 is 5.65. The van der Waals surface area contributed by atoms with Crippen LogP contribution in [0.5, 0.6) is 11.5 Å². The minimum atomic E-state index is -1.03.